The van der Waals surface area contributed by atoms with E-state index in [1.165, 1.54) is 5.56 Å². The summed E-state index contributed by atoms with van der Waals surface area (Å²) >= 11 is 0. The summed E-state index contributed by atoms with van der Waals surface area (Å²) in [6, 6.07) is 10.2. The van der Waals surface area contributed by atoms with Crippen molar-refractivity contribution in [2.75, 3.05) is 25.5 Å². The molecule has 2 aromatic rings. The molecule has 0 radical (unpaired) electrons. The number of fused-ring (bicyclic) bond motifs is 1. The molecule has 0 fully saturated rings. The molecule has 0 atom stereocenters. The minimum atomic E-state index is 0.728. The fourth-order valence-corrected chi connectivity index (χ4v) is 2.37. The van der Waals surface area contributed by atoms with Gasteiger partial charge in [0.15, 0.2) is 0 Å². The van der Waals surface area contributed by atoms with Gasteiger partial charge in [-0.1, -0.05) is 12.1 Å². The number of rotatable bonds is 4. The zero-order valence-corrected chi connectivity index (χ0v) is 11.1. The van der Waals surface area contributed by atoms with Crippen molar-refractivity contribution in [3.8, 4) is 5.75 Å². The summed E-state index contributed by atoms with van der Waals surface area (Å²) in [5.74, 6) is 1.96. The molecule has 0 unspecified atom stereocenters. The molecule has 4 nitrogen and oxygen atoms in total. The molecule has 1 aliphatic rings. The van der Waals surface area contributed by atoms with Crippen LogP contribution in [0.2, 0.25) is 0 Å². The first kappa shape index (κ1) is 12.1. The number of anilines is 1. The Morgan fingerprint density at radius 2 is 2.16 bits per heavy atom. The molecule has 1 aliphatic heterocycles. The molecule has 1 aromatic carbocycles. The van der Waals surface area contributed by atoms with Gasteiger partial charge in [0, 0.05) is 18.7 Å². The van der Waals surface area contributed by atoms with Crippen LogP contribution in [0.4, 0.5) is 5.69 Å². The van der Waals surface area contributed by atoms with Gasteiger partial charge in [0.05, 0.1) is 18.5 Å². The number of benzene rings is 1. The van der Waals surface area contributed by atoms with Crippen LogP contribution in [0, 0.1) is 0 Å². The fraction of sp³-hybridized carbons (Fsp3) is 0.333. The lowest BCUT2D eigenvalue weighted by atomic mass is 10.1. The number of para-hydroxylation sites is 1. The summed E-state index contributed by atoms with van der Waals surface area (Å²) in [6.45, 7) is 3.24. The average molecular weight is 258 g/mol. The molecular formula is C15H18N2O2. The fourth-order valence-electron chi connectivity index (χ4n) is 2.37. The molecule has 100 valence electrons. The van der Waals surface area contributed by atoms with Crippen molar-refractivity contribution in [2.45, 2.75) is 13.1 Å². The summed E-state index contributed by atoms with van der Waals surface area (Å²) in [5.41, 5.74) is 2.30. The van der Waals surface area contributed by atoms with E-state index in [2.05, 4.69) is 35.5 Å². The topological polar surface area (TPSA) is 37.6 Å². The molecule has 1 N–H and O–H groups in total. The first-order chi connectivity index (χ1) is 9.33. The number of ether oxygens (including phenoxy) is 1. The van der Waals surface area contributed by atoms with Gasteiger partial charge in [0.1, 0.15) is 18.1 Å². The highest BCUT2D eigenvalue weighted by Crippen LogP contribution is 2.31. The van der Waals surface area contributed by atoms with Gasteiger partial charge in [-0.2, -0.15) is 0 Å². The largest absolute Gasteiger partial charge is 0.489 e. The summed E-state index contributed by atoms with van der Waals surface area (Å²) < 4.78 is 11.1. The number of nitrogens with one attached hydrogen (secondary N) is 1. The van der Waals surface area contributed by atoms with Gasteiger partial charge >= 0.3 is 0 Å². The predicted molar refractivity (Wildman–Crippen MR) is 74.3 cm³/mol. The Balaban J connectivity index is 1.72. The highest BCUT2D eigenvalue weighted by Gasteiger charge is 2.15. The third-order valence-electron chi connectivity index (χ3n) is 3.21. The monoisotopic (exact) mass is 258 g/mol. The number of nitrogens with zero attached hydrogens (tertiary/aromatic N) is 1. The lowest BCUT2D eigenvalue weighted by Crippen LogP contribution is -2.22. The van der Waals surface area contributed by atoms with Crippen molar-refractivity contribution in [3.05, 3.63) is 47.9 Å². The first-order valence-electron chi connectivity index (χ1n) is 6.52. The smallest absolute Gasteiger partial charge is 0.146 e. The van der Waals surface area contributed by atoms with E-state index in [0.29, 0.717) is 0 Å². The van der Waals surface area contributed by atoms with Gasteiger partial charge in [-0.15, -0.1) is 0 Å². The van der Waals surface area contributed by atoms with Gasteiger partial charge in [-0.25, -0.2) is 0 Å². The Morgan fingerprint density at radius 3 is 3.00 bits per heavy atom. The minimum absolute atomic E-state index is 0.728. The Hall–Kier alpha value is -1.94. The van der Waals surface area contributed by atoms with Crippen molar-refractivity contribution in [2.24, 2.45) is 0 Å². The van der Waals surface area contributed by atoms with E-state index in [1.54, 1.807) is 6.26 Å². The van der Waals surface area contributed by atoms with Crippen LogP contribution in [0.5, 0.6) is 5.75 Å². The summed E-state index contributed by atoms with van der Waals surface area (Å²) in [5, 5.41) is 3.36. The number of furan rings is 1. The molecule has 0 bridgehead atoms. The zero-order chi connectivity index (χ0) is 13.1. The van der Waals surface area contributed by atoms with Crippen LogP contribution in [-0.2, 0) is 13.1 Å². The van der Waals surface area contributed by atoms with Gasteiger partial charge in [0.2, 0.25) is 0 Å². The van der Waals surface area contributed by atoms with Crippen LogP contribution in [0.3, 0.4) is 0 Å². The van der Waals surface area contributed by atoms with Crippen LogP contribution < -0.4 is 10.1 Å². The normalized spacial score (nSPS) is 13.8. The van der Waals surface area contributed by atoms with Crippen LogP contribution in [0.1, 0.15) is 11.3 Å². The molecule has 2 heterocycles. The maximum atomic E-state index is 5.78. The van der Waals surface area contributed by atoms with Crippen LogP contribution in [0.15, 0.2) is 41.0 Å². The van der Waals surface area contributed by atoms with Crippen LogP contribution in [0.25, 0.3) is 0 Å². The van der Waals surface area contributed by atoms with Crippen molar-refractivity contribution in [1.82, 2.24) is 4.90 Å². The molecule has 0 spiro atoms. The molecule has 4 heteroatoms. The van der Waals surface area contributed by atoms with E-state index in [4.69, 9.17) is 9.15 Å². The number of hydrogen-bond acceptors (Lipinski definition) is 4. The average Bonchev–Trinajstić information content (AvgIpc) is 2.92. The van der Waals surface area contributed by atoms with E-state index in [-0.39, 0.29) is 0 Å². The maximum absolute atomic E-state index is 5.78. The van der Waals surface area contributed by atoms with Gasteiger partial charge < -0.3 is 14.5 Å². The van der Waals surface area contributed by atoms with Crippen molar-refractivity contribution >= 4 is 5.69 Å². The lowest BCUT2D eigenvalue weighted by molar-refractivity contribution is 0.273. The summed E-state index contributed by atoms with van der Waals surface area (Å²) in [4.78, 5) is 2.21. The molecule has 0 amide bonds. The SMILES string of the molecule is CN(Cc1ccco1)Cc1cccc2c1OCCN2. The molecule has 0 saturated heterocycles. The van der Waals surface area contributed by atoms with Crippen LogP contribution >= 0.6 is 0 Å². The Bertz CT molecular complexity index is 537. The Morgan fingerprint density at radius 1 is 1.21 bits per heavy atom. The van der Waals surface area contributed by atoms with E-state index in [1.807, 2.05) is 12.1 Å². The van der Waals surface area contributed by atoms with Gasteiger partial charge in [-0.05, 0) is 25.2 Å². The molecule has 19 heavy (non-hydrogen) atoms. The standard InChI is InChI=1S/C15H18N2O2/c1-17(11-13-5-3-8-18-13)10-12-4-2-6-14-15(12)19-9-7-16-14/h2-6,8,16H,7,9-11H2,1H3. The molecular weight excluding hydrogens is 240 g/mol. The second-order valence-corrected chi connectivity index (χ2v) is 4.82. The third kappa shape index (κ3) is 2.74. The molecule has 1 aromatic heterocycles. The van der Waals surface area contributed by atoms with Crippen molar-refractivity contribution < 1.29 is 9.15 Å². The van der Waals surface area contributed by atoms with E-state index in [0.717, 1.165) is 43.4 Å². The van der Waals surface area contributed by atoms with Crippen molar-refractivity contribution in [3.63, 3.8) is 0 Å². The maximum Gasteiger partial charge on any atom is 0.146 e. The second-order valence-electron chi connectivity index (χ2n) is 4.82. The zero-order valence-electron chi connectivity index (χ0n) is 11.1. The van der Waals surface area contributed by atoms with E-state index < -0.39 is 0 Å². The second kappa shape index (κ2) is 5.36. The quantitative estimate of drug-likeness (QED) is 0.915. The lowest BCUT2D eigenvalue weighted by Gasteiger charge is -2.24. The van der Waals surface area contributed by atoms with Gasteiger partial charge in [-0.3, -0.25) is 4.90 Å². The Kier molecular flexibility index (Phi) is 3.42. The van der Waals surface area contributed by atoms with Gasteiger partial charge in [0.25, 0.3) is 0 Å². The minimum Gasteiger partial charge on any atom is -0.489 e. The summed E-state index contributed by atoms with van der Waals surface area (Å²) in [6.07, 6.45) is 1.71. The highest BCUT2D eigenvalue weighted by molar-refractivity contribution is 5.61. The summed E-state index contributed by atoms with van der Waals surface area (Å²) in [7, 11) is 2.08. The van der Waals surface area contributed by atoms with E-state index in [9.17, 15) is 0 Å². The highest BCUT2D eigenvalue weighted by atomic mass is 16.5. The predicted octanol–water partition coefficient (Wildman–Crippen LogP) is 2.72. The van der Waals surface area contributed by atoms with Crippen molar-refractivity contribution in [1.29, 1.82) is 0 Å². The van der Waals surface area contributed by atoms with E-state index >= 15 is 0 Å². The Labute approximate surface area is 113 Å². The number of hydrogen-bond donors (Lipinski definition) is 1. The molecule has 3 rings (SSSR count). The third-order valence-corrected chi connectivity index (χ3v) is 3.21. The molecule has 0 saturated carbocycles. The first-order valence-corrected chi connectivity index (χ1v) is 6.52. The molecule has 0 aliphatic carbocycles. The van der Waals surface area contributed by atoms with Crippen LogP contribution in [-0.4, -0.2) is 25.1 Å².